The van der Waals surface area contributed by atoms with E-state index in [1.165, 1.54) is 5.56 Å². The average molecular weight is 322 g/mol. The van der Waals surface area contributed by atoms with Crippen LogP contribution < -0.4 is 5.32 Å². The number of hydrogen-bond acceptors (Lipinski definition) is 3. The van der Waals surface area contributed by atoms with Gasteiger partial charge < -0.3 is 14.6 Å². The topological polar surface area (TPSA) is 39.1 Å². The van der Waals surface area contributed by atoms with Gasteiger partial charge in [-0.25, -0.2) is 4.98 Å². The van der Waals surface area contributed by atoms with E-state index in [1.807, 2.05) is 18.6 Å². The van der Waals surface area contributed by atoms with E-state index in [9.17, 15) is 0 Å². The van der Waals surface area contributed by atoms with Crippen LogP contribution >= 0.6 is 15.9 Å². The first-order valence-electron chi connectivity index (χ1n) is 6.40. The van der Waals surface area contributed by atoms with E-state index in [0.29, 0.717) is 0 Å². The molecule has 2 heterocycles. The van der Waals surface area contributed by atoms with Gasteiger partial charge in [0.05, 0.1) is 24.8 Å². The van der Waals surface area contributed by atoms with Crippen molar-refractivity contribution in [3.8, 4) is 0 Å². The Kier molecular flexibility index (Phi) is 3.96. The lowest BCUT2D eigenvalue weighted by atomic mass is 10.2. The molecule has 1 N–H and O–H groups in total. The smallest absolute Gasteiger partial charge is 0.111 e. The Morgan fingerprint density at radius 2 is 2.32 bits per heavy atom. The minimum Gasteiger partial charge on any atom is -0.369 e. The standard InChI is InChI=1S/C14H16BrN3O/c15-12-4-2-1-3-11(12)9-18-10-17-7-13(18)14-8-16-5-6-19-14/h1-4,7,10,14,16H,5-6,8-9H2. The maximum absolute atomic E-state index is 5.80. The first-order valence-corrected chi connectivity index (χ1v) is 7.19. The molecule has 1 aromatic heterocycles. The highest BCUT2D eigenvalue weighted by molar-refractivity contribution is 9.10. The monoisotopic (exact) mass is 321 g/mol. The molecule has 0 amide bonds. The van der Waals surface area contributed by atoms with Crippen LogP contribution in [0.5, 0.6) is 0 Å². The van der Waals surface area contributed by atoms with E-state index in [0.717, 1.165) is 36.4 Å². The van der Waals surface area contributed by atoms with E-state index in [2.05, 4.69) is 49.0 Å². The van der Waals surface area contributed by atoms with Gasteiger partial charge in [-0.15, -0.1) is 0 Å². The number of hydrogen-bond donors (Lipinski definition) is 1. The van der Waals surface area contributed by atoms with Crippen molar-refractivity contribution in [1.82, 2.24) is 14.9 Å². The number of benzene rings is 1. The van der Waals surface area contributed by atoms with Gasteiger partial charge in [0.25, 0.3) is 0 Å². The predicted octanol–water partition coefficient (Wildman–Crippen LogP) is 2.35. The minimum absolute atomic E-state index is 0.0961. The molecule has 1 atom stereocenters. The van der Waals surface area contributed by atoms with Gasteiger partial charge in [0.15, 0.2) is 0 Å². The molecule has 5 heteroatoms. The van der Waals surface area contributed by atoms with Crippen molar-refractivity contribution in [3.63, 3.8) is 0 Å². The number of rotatable bonds is 3. The molecular formula is C14H16BrN3O. The Bertz CT molecular complexity index is 549. The molecule has 0 radical (unpaired) electrons. The largest absolute Gasteiger partial charge is 0.369 e. The molecule has 4 nitrogen and oxygen atoms in total. The molecule has 1 fully saturated rings. The highest BCUT2D eigenvalue weighted by Crippen LogP contribution is 2.22. The number of aromatic nitrogens is 2. The van der Waals surface area contributed by atoms with Crippen molar-refractivity contribution in [2.45, 2.75) is 12.6 Å². The fourth-order valence-electron chi connectivity index (χ4n) is 2.30. The molecule has 0 aliphatic carbocycles. The van der Waals surface area contributed by atoms with Gasteiger partial charge in [0, 0.05) is 24.1 Å². The SMILES string of the molecule is Brc1ccccc1Cn1cncc1C1CNCCO1. The summed E-state index contributed by atoms with van der Waals surface area (Å²) in [6.07, 6.45) is 3.86. The Labute approximate surface area is 120 Å². The second-order valence-electron chi connectivity index (χ2n) is 4.60. The van der Waals surface area contributed by atoms with Crippen LogP contribution in [0, 0.1) is 0 Å². The van der Waals surface area contributed by atoms with Gasteiger partial charge in [0.1, 0.15) is 6.10 Å². The molecule has 19 heavy (non-hydrogen) atoms. The van der Waals surface area contributed by atoms with Gasteiger partial charge in [0.2, 0.25) is 0 Å². The molecule has 0 bridgehead atoms. The molecule has 1 aromatic carbocycles. The van der Waals surface area contributed by atoms with Crippen molar-refractivity contribution < 1.29 is 4.74 Å². The summed E-state index contributed by atoms with van der Waals surface area (Å²) in [6.45, 7) is 3.33. The summed E-state index contributed by atoms with van der Waals surface area (Å²) < 4.78 is 9.07. The maximum atomic E-state index is 5.80. The van der Waals surface area contributed by atoms with E-state index < -0.39 is 0 Å². The van der Waals surface area contributed by atoms with Crippen LogP contribution in [-0.2, 0) is 11.3 Å². The van der Waals surface area contributed by atoms with Crippen LogP contribution in [0.4, 0.5) is 0 Å². The van der Waals surface area contributed by atoms with Crippen LogP contribution in [0.15, 0.2) is 41.3 Å². The number of nitrogens with one attached hydrogen (secondary N) is 1. The molecule has 0 spiro atoms. The summed E-state index contributed by atoms with van der Waals surface area (Å²) in [6, 6.07) is 8.25. The highest BCUT2D eigenvalue weighted by atomic mass is 79.9. The van der Waals surface area contributed by atoms with Crippen LogP contribution in [0.3, 0.4) is 0 Å². The number of halogens is 1. The predicted molar refractivity (Wildman–Crippen MR) is 77.0 cm³/mol. The van der Waals surface area contributed by atoms with E-state index in [4.69, 9.17) is 4.74 Å². The molecule has 2 aromatic rings. The zero-order valence-electron chi connectivity index (χ0n) is 10.6. The third-order valence-corrected chi connectivity index (χ3v) is 4.07. The van der Waals surface area contributed by atoms with Crippen molar-refractivity contribution in [2.75, 3.05) is 19.7 Å². The fourth-order valence-corrected chi connectivity index (χ4v) is 2.71. The zero-order valence-corrected chi connectivity index (χ0v) is 12.1. The Hall–Kier alpha value is -1.17. The summed E-state index contributed by atoms with van der Waals surface area (Å²) >= 11 is 3.59. The summed E-state index contributed by atoms with van der Waals surface area (Å²) in [5.41, 5.74) is 2.37. The van der Waals surface area contributed by atoms with Gasteiger partial charge in [-0.05, 0) is 11.6 Å². The molecule has 1 saturated heterocycles. The van der Waals surface area contributed by atoms with Crippen molar-refractivity contribution in [2.24, 2.45) is 0 Å². The number of nitrogens with zero attached hydrogens (tertiary/aromatic N) is 2. The fraction of sp³-hybridized carbons (Fsp3) is 0.357. The van der Waals surface area contributed by atoms with Crippen molar-refractivity contribution in [3.05, 3.63) is 52.5 Å². The number of ether oxygens (including phenoxy) is 1. The van der Waals surface area contributed by atoms with E-state index in [1.54, 1.807) is 0 Å². The van der Waals surface area contributed by atoms with Crippen molar-refractivity contribution >= 4 is 15.9 Å². The van der Waals surface area contributed by atoms with Crippen molar-refractivity contribution in [1.29, 1.82) is 0 Å². The van der Waals surface area contributed by atoms with Crippen LogP contribution in [-0.4, -0.2) is 29.2 Å². The van der Waals surface area contributed by atoms with Crippen LogP contribution in [0.2, 0.25) is 0 Å². The lowest BCUT2D eigenvalue weighted by molar-refractivity contribution is 0.0230. The summed E-state index contributed by atoms with van der Waals surface area (Å²) in [5.74, 6) is 0. The number of morpholine rings is 1. The van der Waals surface area contributed by atoms with E-state index >= 15 is 0 Å². The molecule has 1 unspecified atom stereocenters. The second-order valence-corrected chi connectivity index (χ2v) is 5.46. The lowest BCUT2D eigenvalue weighted by Crippen LogP contribution is -2.34. The second kappa shape index (κ2) is 5.86. The van der Waals surface area contributed by atoms with Gasteiger partial charge >= 0.3 is 0 Å². The van der Waals surface area contributed by atoms with E-state index in [-0.39, 0.29) is 6.10 Å². The molecule has 0 saturated carbocycles. The quantitative estimate of drug-likeness (QED) is 0.943. The average Bonchev–Trinajstić information content (AvgIpc) is 2.91. The molecule has 100 valence electrons. The first kappa shape index (κ1) is 12.8. The summed E-state index contributed by atoms with van der Waals surface area (Å²) in [5, 5.41) is 3.35. The van der Waals surface area contributed by atoms with Crippen LogP contribution in [0.1, 0.15) is 17.4 Å². The molecule has 3 rings (SSSR count). The normalized spacial score (nSPS) is 19.5. The Morgan fingerprint density at radius 1 is 1.42 bits per heavy atom. The molecular weight excluding hydrogens is 306 g/mol. The molecule has 1 aliphatic heterocycles. The highest BCUT2D eigenvalue weighted by Gasteiger charge is 2.19. The van der Waals surface area contributed by atoms with Gasteiger partial charge in [-0.3, -0.25) is 0 Å². The third-order valence-electron chi connectivity index (χ3n) is 3.30. The Balaban J connectivity index is 1.82. The van der Waals surface area contributed by atoms with Crippen LogP contribution in [0.25, 0.3) is 0 Å². The maximum Gasteiger partial charge on any atom is 0.111 e. The lowest BCUT2D eigenvalue weighted by Gasteiger charge is -2.24. The van der Waals surface area contributed by atoms with Gasteiger partial charge in [-0.2, -0.15) is 0 Å². The summed E-state index contributed by atoms with van der Waals surface area (Å²) in [7, 11) is 0. The van der Waals surface area contributed by atoms with Gasteiger partial charge in [-0.1, -0.05) is 34.1 Å². The zero-order chi connectivity index (χ0) is 13.1. The third kappa shape index (κ3) is 2.88. The Morgan fingerprint density at radius 3 is 3.11 bits per heavy atom. The summed E-state index contributed by atoms with van der Waals surface area (Å²) in [4.78, 5) is 4.26. The molecule has 1 aliphatic rings. The minimum atomic E-state index is 0.0961. The first-order chi connectivity index (χ1) is 9.34. The number of imidazole rings is 1.